The van der Waals surface area contributed by atoms with Gasteiger partial charge in [0, 0.05) is 11.8 Å². The van der Waals surface area contributed by atoms with E-state index in [4.69, 9.17) is 9.15 Å². The zero-order valence-corrected chi connectivity index (χ0v) is 15.5. The molecule has 0 aliphatic rings. The van der Waals surface area contributed by atoms with Crippen LogP contribution < -0.4 is 10.7 Å². The summed E-state index contributed by atoms with van der Waals surface area (Å²) in [6.45, 7) is 1.45. The SMILES string of the molecule is C[C@H](OC(=O)c1cc(=O)c2ccccc2o1)C(=O)Nc1ccc2ccccc2c1. The summed E-state index contributed by atoms with van der Waals surface area (Å²) in [6.07, 6.45) is -1.08. The predicted octanol–water partition coefficient (Wildman–Crippen LogP) is 4.13. The number of hydrogen-bond donors (Lipinski definition) is 1. The highest BCUT2D eigenvalue weighted by molar-refractivity contribution is 5.98. The third-order valence-electron chi connectivity index (χ3n) is 4.51. The number of ether oxygens (including phenoxy) is 1. The lowest BCUT2D eigenvalue weighted by atomic mass is 10.1. The van der Waals surface area contributed by atoms with Crippen LogP contribution in [-0.2, 0) is 9.53 Å². The first-order valence-electron chi connectivity index (χ1n) is 9.05. The highest BCUT2D eigenvalue weighted by atomic mass is 16.6. The molecule has 4 aromatic rings. The molecule has 0 saturated carbocycles. The van der Waals surface area contributed by atoms with Crippen LogP contribution in [0.15, 0.2) is 82.0 Å². The van der Waals surface area contributed by atoms with Gasteiger partial charge in [0.05, 0.1) is 5.39 Å². The van der Waals surface area contributed by atoms with Gasteiger partial charge >= 0.3 is 5.97 Å². The van der Waals surface area contributed by atoms with Crippen molar-refractivity contribution in [2.45, 2.75) is 13.0 Å². The van der Waals surface area contributed by atoms with E-state index in [9.17, 15) is 14.4 Å². The summed E-state index contributed by atoms with van der Waals surface area (Å²) in [6, 6.07) is 20.9. The first-order valence-corrected chi connectivity index (χ1v) is 9.05. The van der Waals surface area contributed by atoms with E-state index in [2.05, 4.69) is 5.32 Å². The molecule has 0 aliphatic heterocycles. The van der Waals surface area contributed by atoms with Crippen molar-refractivity contribution in [3.8, 4) is 0 Å². The average molecular weight is 387 g/mol. The van der Waals surface area contributed by atoms with E-state index in [0.29, 0.717) is 11.1 Å². The Balaban J connectivity index is 1.47. The maximum atomic E-state index is 12.4. The second-order valence-electron chi connectivity index (χ2n) is 6.57. The molecule has 1 heterocycles. The molecule has 3 aromatic carbocycles. The van der Waals surface area contributed by atoms with Gasteiger partial charge in [-0.1, -0.05) is 42.5 Å². The van der Waals surface area contributed by atoms with Crippen molar-refractivity contribution in [3.63, 3.8) is 0 Å². The Hall–Kier alpha value is -3.93. The number of fused-ring (bicyclic) bond motifs is 2. The van der Waals surface area contributed by atoms with Gasteiger partial charge < -0.3 is 14.5 Å². The number of para-hydroxylation sites is 1. The standard InChI is InChI=1S/C23H17NO5/c1-14(22(26)24-17-11-10-15-6-2-3-7-16(15)12-17)28-23(27)21-13-19(25)18-8-4-5-9-20(18)29-21/h2-14H,1H3,(H,24,26)/t14-/m0/s1. The van der Waals surface area contributed by atoms with E-state index in [1.54, 1.807) is 30.3 Å². The fraction of sp³-hybridized carbons (Fsp3) is 0.0870. The van der Waals surface area contributed by atoms with Crippen LogP contribution >= 0.6 is 0 Å². The summed E-state index contributed by atoms with van der Waals surface area (Å²) in [4.78, 5) is 36.9. The largest absolute Gasteiger partial charge is 0.449 e. The fourth-order valence-corrected chi connectivity index (χ4v) is 2.99. The van der Waals surface area contributed by atoms with E-state index in [-0.39, 0.29) is 16.8 Å². The van der Waals surface area contributed by atoms with Gasteiger partial charge in [0.15, 0.2) is 11.5 Å². The maximum Gasteiger partial charge on any atom is 0.375 e. The number of rotatable bonds is 4. The molecule has 0 radical (unpaired) electrons. The molecule has 0 bridgehead atoms. The molecule has 6 nitrogen and oxygen atoms in total. The quantitative estimate of drug-likeness (QED) is 0.532. The molecule has 0 aliphatic carbocycles. The predicted molar refractivity (Wildman–Crippen MR) is 110 cm³/mol. The van der Waals surface area contributed by atoms with Crippen LogP contribution in [0.1, 0.15) is 17.5 Å². The van der Waals surface area contributed by atoms with Crippen molar-refractivity contribution in [3.05, 3.63) is 88.8 Å². The molecular weight excluding hydrogens is 370 g/mol. The highest BCUT2D eigenvalue weighted by Gasteiger charge is 2.21. The molecule has 6 heteroatoms. The van der Waals surface area contributed by atoms with Crippen LogP contribution in [0.3, 0.4) is 0 Å². The van der Waals surface area contributed by atoms with Crippen LogP contribution in [0, 0.1) is 0 Å². The molecule has 0 saturated heterocycles. The Morgan fingerprint density at radius 2 is 1.66 bits per heavy atom. The van der Waals surface area contributed by atoms with Crippen molar-refractivity contribution in [2.75, 3.05) is 5.32 Å². The Bertz CT molecular complexity index is 1290. The molecule has 1 amide bonds. The van der Waals surface area contributed by atoms with Gasteiger partial charge in [-0.15, -0.1) is 0 Å². The minimum Gasteiger partial charge on any atom is -0.449 e. The maximum absolute atomic E-state index is 12.4. The van der Waals surface area contributed by atoms with E-state index in [0.717, 1.165) is 16.8 Å². The number of anilines is 1. The topological polar surface area (TPSA) is 85.6 Å². The number of nitrogens with one attached hydrogen (secondary N) is 1. The van der Waals surface area contributed by atoms with E-state index in [1.165, 1.54) is 6.92 Å². The molecule has 0 fully saturated rings. The number of hydrogen-bond acceptors (Lipinski definition) is 5. The zero-order chi connectivity index (χ0) is 20.4. The number of carbonyl (C=O) groups excluding carboxylic acids is 2. The number of esters is 1. The summed E-state index contributed by atoms with van der Waals surface area (Å²) >= 11 is 0. The third kappa shape index (κ3) is 3.87. The number of carbonyl (C=O) groups is 2. The van der Waals surface area contributed by atoms with Gasteiger partial charge in [-0.3, -0.25) is 9.59 Å². The first-order chi connectivity index (χ1) is 14.0. The Morgan fingerprint density at radius 3 is 2.48 bits per heavy atom. The Labute approximate surface area is 165 Å². The molecular formula is C23H17NO5. The molecule has 144 valence electrons. The van der Waals surface area contributed by atoms with Crippen molar-refractivity contribution >= 4 is 39.3 Å². The zero-order valence-electron chi connectivity index (χ0n) is 15.5. The summed E-state index contributed by atoms with van der Waals surface area (Å²) < 4.78 is 10.6. The lowest BCUT2D eigenvalue weighted by Gasteiger charge is -2.13. The number of amides is 1. The van der Waals surface area contributed by atoms with Crippen molar-refractivity contribution in [1.82, 2.24) is 0 Å². The summed E-state index contributed by atoms with van der Waals surface area (Å²) in [5.41, 5.74) is 0.515. The van der Waals surface area contributed by atoms with Crippen LogP contribution in [0.2, 0.25) is 0 Å². The lowest BCUT2D eigenvalue weighted by Crippen LogP contribution is -2.30. The summed E-state index contributed by atoms with van der Waals surface area (Å²) in [7, 11) is 0. The van der Waals surface area contributed by atoms with Gasteiger partial charge in [0.25, 0.3) is 5.91 Å². The van der Waals surface area contributed by atoms with E-state index >= 15 is 0 Å². The molecule has 4 rings (SSSR count). The van der Waals surface area contributed by atoms with Crippen LogP contribution in [0.4, 0.5) is 5.69 Å². The minimum absolute atomic E-state index is 0.251. The van der Waals surface area contributed by atoms with Crippen molar-refractivity contribution < 1.29 is 18.7 Å². The molecule has 1 N–H and O–H groups in total. The van der Waals surface area contributed by atoms with E-state index < -0.39 is 18.0 Å². The molecule has 1 aromatic heterocycles. The summed E-state index contributed by atoms with van der Waals surface area (Å²) in [5, 5.41) is 5.12. The van der Waals surface area contributed by atoms with E-state index in [1.807, 2.05) is 36.4 Å². The second kappa shape index (κ2) is 7.59. The monoisotopic (exact) mass is 387 g/mol. The highest BCUT2D eigenvalue weighted by Crippen LogP contribution is 2.19. The van der Waals surface area contributed by atoms with Gasteiger partial charge in [0.1, 0.15) is 5.58 Å². The van der Waals surface area contributed by atoms with Crippen LogP contribution in [0.25, 0.3) is 21.7 Å². The normalized spacial score (nSPS) is 11.9. The smallest absolute Gasteiger partial charge is 0.375 e. The van der Waals surface area contributed by atoms with Crippen LogP contribution in [-0.4, -0.2) is 18.0 Å². The second-order valence-corrected chi connectivity index (χ2v) is 6.57. The molecule has 1 atom stereocenters. The van der Waals surface area contributed by atoms with Gasteiger partial charge in [-0.2, -0.15) is 0 Å². The Kier molecular flexibility index (Phi) is 4.83. The fourth-order valence-electron chi connectivity index (χ4n) is 2.99. The molecule has 0 unspecified atom stereocenters. The summed E-state index contributed by atoms with van der Waals surface area (Å²) in [5.74, 6) is -1.62. The Morgan fingerprint density at radius 1 is 0.931 bits per heavy atom. The molecule has 29 heavy (non-hydrogen) atoms. The number of benzene rings is 3. The van der Waals surface area contributed by atoms with Gasteiger partial charge in [-0.05, 0) is 42.0 Å². The van der Waals surface area contributed by atoms with Crippen LogP contribution in [0.5, 0.6) is 0 Å². The van der Waals surface area contributed by atoms with Gasteiger partial charge in [0.2, 0.25) is 5.76 Å². The average Bonchev–Trinajstić information content (AvgIpc) is 2.73. The minimum atomic E-state index is -1.08. The lowest BCUT2D eigenvalue weighted by molar-refractivity contribution is -0.123. The first kappa shape index (κ1) is 18.4. The molecule has 0 spiro atoms. The van der Waals surface area contributed by atoms with Crippen molar-refractivity contribution in [1.29, 1.82) is 0 Å². The van der Waals surface area contributed by atoms with Gasteiger partial charge in [-0.25, -0.2) is 4.79 Å². The van der Waals surface area contributed by atoms with Crippen molar-refractivity contribution in [2.24, 2.45) is 0 Å². The third-order valence-corrected chi connectivity index (χ3v) is 4.51.